The predicted molar refractivity (Wildman–Crippen MR) is 73.2 cm³/mol. The SMILES string of the molecule is Cc1ccncc1CNC(=O)NC1(C(=O)O)CCCC1. The fourth-order valence-corrected chi connectivity index (χ4v) is 2.49. The van der Waals surface area contributed by atoms with Gasteiger partial charge in [-0.05, 0) is 37.0 Å². The van der Waals surface area contributed by atoms with Crippen LogP contribution in [-0.2, 0) is 11.3 Å². The number of carboxylic acid groups (broad SMARTS) is 1. The van der Waals surface area contributed by atoms with E-state index >= 15 is 0 Å². The number of urea groups is 1. The molecule has 1 aromatic heterocycles. The molecule has 20 heavy (non-hydrogen) atoms. The second-order valence-corrected chi connectivity index (χ2v) is 5.20. The number of carbonyl (C=O) groups is 2. The maximum absolute atomic E-state index is 11.9. The van der Waals surface area contributed by atoms with Gasteiger partial charge >= 0.3 is 12.0 Å². The molecule has 0 atom stereocenters. The zero-order chi connectivity index (χ0) is 14.6. The van der Waals surface area contributed by atoms with E-state index in [1.807, 2.05) is 13.0 Å². The Hall–Kier alpha value is -2.11. The summed E-state index contributed by atoms with van der Waals surface area (Å²) in [5, 5.41) is 14.6. The second-order valence-electron chi connectivity index (χ2n) is 5.20. The van der Waals surface area contributed by atoms with Crippen LogP contribution in [0.1, 0.15) is 36.8 Å². The largest absolute Gasteiger partial charge is 0.480 e. The number of hydrogen-bond donors (Lipinski definition) is 3. The van der Waals surface area contributed by atoms with Crippen LogP contribution in [0.15, 0.2) is 18.5 Å². The first kappa shape index (κ1) is 14.3. The summed E-state index contributed by atoms with van der Waals surface area (Å²) in [6, 6.07) is 1.42. The molecule has 1 aromatic rings. The van der Waals surface area contributed by atoms with Crippen LogP contribution in [0.3, 0.4) is 0 Å². The van der Waals surface area contributed by atoms with Gasteiger partial charge < -0.3 is 15.7 Å². The third-order valence-corrected chi connectivity index (χ3v) is 3.81. The lowest BCUT2D eigenvalue weighted by Crippen LogP contribution is -2.55. The Balaban J connectivity index is 1.92. The van der Waals surface area contributed by atoms with Gasteiger partial charge in [-0.25, -0.2) is 9.59 Å². The number of aromatic nitrogens is 1. The number of rotatable bonds is 4. The molecule has 1 saturated carbocycles. The van der Waals surface area contributed by atoms with E-state index in [0.29, 0.717) is 19.4 Å². The Morgan fingerprint density at radius 2 is 2.10 bits per heavy atom. The summed E-state index contributed by atoms with van der Waals surface area (Å²) < 4.78 is 0. The monoisotopic (exact) mass is 277 g/mol. The molecule has 1 fully saturated rings. The molecule has 0 aromatic carbocycles. The molecule has 6 nitrogen and oxygen atoms in total. The maximum Gasteiger partial charge on any atom is 0.329 e. The Morgan fingerprint density at radius 3 is 2.70 bits per heavy atom. The number of carboxylic acids is 1. The van der Waals surface area contributed by atoms with Crippen molar-refractivity contribution in [3.63, 3.8) is 0 Å². The van der Waals surface area contributed by atoms with Crippen LogP contribution in [0.5, 0.6) is 0 Å². The van der Waals surface area contributed by atoms with Crippen LogP contribution in [0, 0.1) is 6.92 Å². The lowest BCUT2D eigenvalue weighted by Gasteiger charge is -2.25. The number of pyridine rings is 1. The predicted octanol–water partition coefficient (Wildman–Crippen LogP) is 1.59. The van der Waals surface area contributed by atoms with E-state index < -0.39 is 17.5 Å². The third kappa shape index (κ3) is 3.07. The summed E-state index contributed by atoms with van der Waals surface area (Å²) >= 11 is 0. The molecular formula is C14H19N3O3. The lowest BCUT2D eigenvalue weighted by atomic mass is 9.98. The van der Waals surface area contributed by atoms with Crippen LogP contribution >= 0.6 is 0 Å². The van der Waals surface area contributed by atoms with E-state index in [1.165, 1.54) is 0 Å². The minimum absolute atomic E-state index is 0.335. The number of nitrogens with one attached hydrogen (secondary N) is 2. The lowest BCUT2D eigenvalue weighted by molar-refractivity contribution is -0.144. The number of aliphatic carboxylic acids is 1. The Kier molecular flexibility index (Phi) is 4.22. The fraction of sp³-hybridized carbons (Fsp3) is 0.500. The summed E-state index contributed by atoms with van der Waals surface area (Å²) in [5.41, 5.74) is 0.848. The summed E-state index contributed by atoms with van der Waals surface area (Å²) in [4.78, 5) is 27.2. The fourth-order valence-electron chi connectivity index (χ4n) is 2.49. The summed E-state index contributed by atoms with van der Waals surface area (Å²) in [6.45, 7) is 2.27. The van der Waals surface area contributed by atoms with E-state index in [0.717, 1.165) is 24.0 Å². The molecule has 0 aliphatic heterocycles. The van der Waals surface area contributed by atoms with Crippen LogP contribution in [0.4, 0.5) is 4.79 Å². The summed E-state index contributed by atoms with van der Waals surface area (Å²) in [5.74, 6) is -0.956. The average Bonchev–Trinajstić information content (AvgIpc) is 2.88. The van der Waals surface area contributed by atoms with E-state index in [1.54, 1.807) is 12.4 Å². The van der Waals surface area contributed by atoms with Crippen molar-refractivity contribution in [3.8, 4) is 0 Å². The van der Waals surface area contributed by atoms with Gasteiger partial charge in [-0.2, -0.15) is 0 Å². The molecule has 1 aliphatic carbocycles. The molecule has 0 saturated heterocycles. The van der Waals surface area contributed by atoms with Crippen molar-refractivity contribution < 1.29 is 14.7 Å². The van der Waals surface area contributed by atoms with Gasteiger partial charge in [-0.15, -0.1) is 0 Å². The van der Waals surface area contributed by atoms with Crippen molar-refractivity contribution >= 4 is 12.0 Å². The number of carbonyl (C=O) groups excluding carboxylic acids is 1. The molecule has 1 aliphatic rings. The van der Waals surface area contributed by atoms with E-state index in [4.69, 9.17) is 0 Å². The van der Waals surface area contributed by atoms with Gasteiger partial charge in [0.2, 0.25) is 0 Å². The van der Waals surface area contributed by atoms with E-state index in [-0.39, 0.29) is 0 Å². The molecular weight excluding hydrogens is 258 g/mol. The maximum atomic E-state index is 11.9. The molecule has 6 heteroatoms. The average molecular weight is 277 g/mol. The van der Waals surface area contributed by atoms with E-state index in [9.17, 15) is 14.7 Å². The third-order valence-electron chi connectivity index (χ3n) is 3.81. The molecule has 2 amide bonds. The first-order valence-electron chi connectivity index (χ1n) is 6.72. The highest BCUT2D eigenvalue weighted by Gasteiger charge is 2.42. The zero-order valence-corrected chi connectivity index (χ0v) is 11.5. The topological polar surface area (TPSA) is 91.3 Å². The molecule has 0 spiro atoms. The van der Waals surface area contributed by atoms with Gasteiger partial charge in [-0.1, -0.05) is 12.8 Å². The quantitative estimate of drug-likeness (QED) is 0.779. The molecule has 0 unspecified atom stereocenters. The zero-order valence-electron chi connectivity index (χ0n) is 11.5. The Labute approximate surface area is 117 Å². The highest BCUT2D eigenvalue weighted by atomic mass is 16.4. The minimum atomic E-state index is -1.10. The van der Waals surface area contributed by atoms with Gasteiger partial charge in [0.25, 0.3) is 0 Å². The molecule has 3 N–H and O–H groups in total. The van der Waals surface area contributed by atoms with Crippen molar-refractivity contribution in [1.82, 2.24) is 15.6 Å². The van der Waals surface area contributed by atoms with Gasteiger partial charge in [-0.3, -0.25) is 4.98 Å². The first-order valence-corrected chi connectivity index (χ1v) is 6.72. The minimum Gasteiger partial charge on any atom is -0.480 e. The van der Waals surface area contributed by atoms with Crippen molar-refractivity contribution in [2.75, 3.05) is 0 Å². The van der Waals surface area contributed by atoms with Crippen LogP contribution in [-0.4, -0.2) is 27.6 Å². The molecule has 1 heterocycles. The normalized spacial score (nSPS) is 16.6. The first-order chi connectivity index (χ1) is 9.53. The Morgan fingerprint density at radius 1 is 1.40 bits per heavy atom. The number of nitrogens with zero attached hydrogens (tertiary/aromatic N) is 1. The molecule has 0 radical (unpaired) electrons. The highest BCUT2D eigenvalue weighted by molar-refractivity contribution is 5.86. The summed E-state index contributed by atoms with van der Waals surface area (Å²) in [6.07, 6.45) is 6.01. The standard InChI is InChI=1S/C14H19N3O3/c1-10-4-7-15-8-11(10)9-16-13(20)17-14(12(18)19)5-2-3-6-14/h4,7-8H,2-3,5-6,9H2,1H3,(H,18,19)(H2,16,17,20). The van der Waals surface area contributed by atoms with Crippen molar-refractivity contribution in [1.29, 1.82) is 0 Å². The molecule has 2 rings (SSSR count). The van der Waals surface area contributed by atoms with Crippen molar-refractivity contribution in [2.24, 2.45) is 0 Å². The van der Waals surface area contributed by atoms with Gasteiger partial charge in [0, 0.05) is 18.9 Å². The number of aryl methyl sites for hydroxylation is 1. The van der Waals surface area contributed by atoms with Crippen LogP contribution < -0.4 is 10.6 Å². The van der Waals surface area contributed by atoms with Gasteiger partial charge in [0.15, 0.2) is 0 Å². The van der Waals surface area contributed by atoms with Gasteiger partial charge in [0.05, 0.1) is 0 Å². The molecule has 108 valence electrons. The Bertz CT molecular complexity index is 510. The highest BCUT2D eigenvalue weighted by Crippen LogP contribution is 2.29. The number of amides is 2. The van der Waals surface area contributed by atoms with Crippen molar-refractivity contribution in [3.05, 3.63) is 29.6 Å². The van der Waals surface area contributed by atoms with Gasteiger partial charge in [0.1, 0.15) is 5.54 Å². The number of hydrogen-bond acceptors (Lipinski definition) is 3. The second kappa shape index (κ2) is 5.90. The van der Waals surface area contributed by atoms with Crippen LogP contribution in [0.25, 0.3) is 0 Å². The summed E-state index contributed by atoms with van der Waals surface area (Å²) in [7, 11) is 0. The molecule has 0 bridgehead atoms. The van der Waals surface area contributed by atoms with E-state index in [2.05, 4.69) is 15.6 Å². The smallest absolute Gasteiger partial charge is 0.329 e. The van der Waals surface area contributed by atoms with Crippen LogP contribution in [0.2, 0.25) is 0 Å². The van der Waals surface area contributed by atoms with Crippen molar-refractivity contribution in [2.45, 2.75) is 44.7 Å².